The molecule has 0 saturated carbocycles. The lowest BCUT2D eigenvalue weighted by molar-refractivity contribution is 0.190. The lowest BCUT2D eigenvalue weighted by atomic mass is 10.1. The van der Waals surface area contributed by atoms with Crippen LogP contribution in [-0.2, 0) is 0 Å². The molecule has 1 aromatic rings. The first kappa shape index (κ1) is 17.0. The minimum Gasteiger partial charge on any atom is -0.329 e. The second-order valence-corrected chi connectivity index (χ2v) is 4.89. The van der Waals surface area contributed by atoms with Crippen LogP contribution in [-0.4, -0.2) is 59.0 Å². The Kier molecular flexibility index (Phi) is 8.34. The zero-order valence-corrected chi connectivity index (χ0v) is 13.1. The Morgan fingerprint density at radius 3 is 2.40 bits per heavy atom. The Morgan fingerprint density at radius 2 is 1.90 bits per heavy atom. The molecule has 1 rings (SSSR count). The van der Waals surface area contributed by atoms with Gasteiger partial charge in [0.1, 0.15) is 6.33 Å². The quantitative estimate of drug-likeness (QED) is 0.704. The average molecular weight is 279 g/mol. The first-order chi connectivity index (χ1) is 9.76. The third-order valence-corrected chi connectivity index (χ3v) is 3.83. The molecule has 0 bridgehead atoms. The first-order valence-electron chi connectivity index (χ1n) is 7.69. The SMILES string of the molecule is CCN(CC)CCCN(CC)C(CN)c1ccncn1. The molecule has 5 nitrogen and oxygen atoms in total. The fourth-order valence-corrected chi connectivity index (χ4v) is 2.53. The normalized spacial score (nSPS) is 13.1. The fourth-order valence-electron chi connectivity index (χ4n) is 2.53. The summed E-state index contributed by atoms with van der Waals surface area (Å²) in [6.45, 7) is 12.6. The van der Waals surface area contributed by atoms with E-state index in [2.05, 4.69) is 40.5 Å². The van der Waals surface area contributed by atoms with E-state index in [0.717, 1.165) is 44.8 Å². The Labute approximate surface area is 123 Å². The van der Waals surface area contributed by atoms with Gasteiger partial charge < -0.3 is 10.6 Å². The van der Waals surface area contributed by atoms with Gasteiger partial charge in [-0.15, -0.1) is 0 Å². The van der Waals surface area contributed by atoms with Crippen LogP contribution in [0.25, 0.3) is 0 Å². The van der Waals surface area contributed by atoms with E-state index in [4.69, 9.17) is 5.73 Å². The van der Waals surface area contributed by atoms with Crippen molar-refractivity contribution < 1.29 is 0 Å². The highest BCUT2D eigenvalue weighted by molar-refractivity contribution is 5.05. The van der Waals surface area contributed by atoms with Crippen LogP contribution in [0.15, 0.2) is 18.6 Å². The van der Waals surface area contributed by atoms with Crippen LogP contribution in [0.1, 0.15) is 38.9 Å². The van der Waals surface area contributed by atoms with E-state index in [-0.39, 0.29) is 6.04 Å². The predicted molar refractivity (Wildman–Crippen MR) is 83.5 cm³/mol. The van der Waals surface area contributed by atoms with Gasteiger partial charge in [0.15, 0.2) is 0 Å². The number of nitrogens with two attached hydrogens (primary N) is 1. The summed E-state index contributed by atoms with van der Waals surface area (Å²) in [6.07, 6.45) is 4.55. The van der Waals surface area contributed by atoms with Crippen LogP contribution in [0.2, 0.25) is 0 Å². The summed E-state index contributed by atoms with van der Waals surface area (Å²) in [6, 6.07) is 2.16. The predicted octanol–water partition coefficient (Wildman–Crippen LogP) is 1.53. The van der Waals surface area contributed by atoms with Crippen molar-refractivity contribution in [1.29, 1.82) is 0 Å². The van der Waals surface area contributed by atoms with Crippen molar-refractivity contribution in [3.8, 4) is 0 Å². The van der Waals surface area contributed by atoms with E-state index in [0.29, 0.717) is 6.54 Å². The Bertz CT molecular complexity index is 339. The standard InChI is InChI=1S/C15H29N5/c1-4-19(5-2)10-7-11-20(6-3)15(12-16)14-8-9-17-13-18-14/h8-9,13,15H,4-7,10-12,16H2,1-3H3. The van der Waals surface area contributed by atoms with E-state index in [1.54, 1.807) is 12.5 Å². The minimum atomic E-state index is 0.194. The van der Waals surface area contributed by atoms with Crippen molar-refractivity contribution in [3.05, 3.63) is 24.3 Å². The van der Waals surface area contributed by atoms with E-state index in [1.165, 1.54) is 0 Å². The molecule has 0 aliphatic heterocycles. The zero-order chi connectivity index (χ0) is 14.8. The Morgan fingerprint density at radius 1 is 1.15 bits per heavy atom. The molecule has 0 spiro atoms. The molecule has 114 valence electrons. The molecule has 1 unspecified atom stereocenters. The van der Waals surface area contributed by atoms with Gasteiger partial charge in [0.25, 0.3) is 0 Å². The van der Waals surface area contributed by atoms with Gasteiger partial charge in [-0.05, 0) is 38.7 Å². The van der Waals surface area contributed by atoms with Crippen molar-refractivity contribution in [2.45, 2.75) is 33.2 Å². The van der Waals surface area contributed by atoms with Crippen LogP contribution < -0.4 is 5.73 Å². The van der Waals surface area contributed by atoms with Gasteiger partial charge in [0.05, 0.1) is 11.7 Å². The smallest absolute Gasteiger partial charge is 0.115 e. The first-order valence-corrected chi connectivity index (χ1v) is 7.69. The summed E-state index contributed by atoms with van der Waals surface area (Å²) in [5.74, 6) is 0. The number of aromatic nitrogens is 2. The monoisotopic (exact) mass is 279 g/mol. The van der Waals surface area contributed by atoms with E-state index in [1.807, 2.05) is 6.07 Å². The molecule has 0 aliphatic rings. The van der Waals surface area contributed by atoms with Crippen LogP contribution in [0.5, 0.6) is 0 Å². The molecule has 1 aromatic heterocycles. The van der Waals surface area contributed by atoms with Gasteiger partial charge in [0, 0.05) is 19.3 Å². The van der Waals surface area contributed by atoms with Gasteiger partial charge in [-0.25, -0.2) is 9.97 Å². The molecule has 0 fully saturated rings. The lowest BCUT2D eigenvalue weighted by Gasteiger charge is -2.30. The molecule has 5 heteroatoms. The largest absolute Gasteiger partial charge is 0.329 e. The number of rotatable bonds is 10. The van der Waals surface area contributed by atoms with Crippen molar-refractivity contribution in [2.24, 2.45) is 5.73 Å². The summed E-state index contributed by atoms with van der Waals surface area (Å²) in [7, 11) is 0. The molecule has 0 saturated heterocycles. The van der Waals surface area contributed by atoms with Crippen molar-refractivity contribution in [1.82, 2.24) is 19.8 Å². The summed E-state index contributed by atoms with van der Waals surface area (Å²) < 4.78 is 0. The van der Waals surface area contributed by atoms with Gasteiger partial charge in [-0.1, -0.05) is 20.8 Å². The average Bonchev–Trinajstić information content (AvgIpc) is 2.51. The maximum absolute atomic E-state index is 5.95. The van der Waals surface area contributed by atoms with Crippen molar-refractivity contribution >= 4 is 0 Å². The van der Waals surface area contributed by atoms with Gasteiger partial charge in [-0.2, -0.15) is 0 Å². The van der Waals surface area contributed by atoms with Gasteiger partial charge in [0.2, 0.25) is 0 Å². The minimum absolute atomic E-state index is 0.194. The van der Waals surface area contributed by atoms with Crippen LogP contribution in [0.4, 0.5) is 0 Å². The summed E-state index contributed by atoms with van der Waals surface area (Å²) >= 11 is 0. The Hall–Kier alpha value is -1.04. The van der Waals surface area contributed by atoms with E-state index in [9.17, 15) is 0 Å². The van der Waals surface area contributed by atoms with Crippen LogP contribution >= 0.6 is 0 Å². The van der Waals surface area contributed by atoms with Crippen molar-refractivity contribution in [2.75, 3.05) is 39.3 Å². The molecule has 1 heterocycles. The molecule has 0 amide bonds. The van der Waals surface area contributed by atoms with Crippen LogP contribution in [0.3, 0.4) is 0 Å². The number of likely N-dealkylation sites (N-methyl/N-ethyl adjacent to an activating group) is 1. The third kappa shape index (κ3) is 5.15. The third-order valence-electron chi connectivity index (χ3n) is 3.83. The van der Waals surface area contributed by atoms with E-state index >= 15 is 0 Å². The molecule has 1 atom stereocenters. The number of nitrogens with zero attached hydrogens (tertiary/aromatic N) is 4. The second kappa shape index (κ2) is 9.80. The molecule has 20 heavy (non-hydrogen) atoms. The van der Waals surface area contributed by atoms with E-state index < -0.39 is 0 Å². The fraction of sp³-hybridized carbons (Fsp3) is 0.733. The highest BCUT2D eigenvalue weighted by atomic mass is 15.2. The molecule has 0 radical (unpaired) electrons. The zero-order valence-electron chi connectivity index (χ0n) is 13.1. The molecule has 0 aromatic carbocycles. The topological polar surface area (TPSA) is 58.3 Å². The summed E-state index contributed by atoms with van der Waals surface area (Å²) in [4.78, 5) is 13.2. The van der Waals surface area contributed by atoms with Crippen molar-refractivity contribution in [3.63, 3.8) is 0 Å². The molecular formula is C15H29N5. The highest BCUT2D eigenvalue weighted by Crippen LogP contribution is 2.16. The maximum Gasteiger partial charge on any atom is 0.115 e. The van der Waals surface area contributed by atoms with Crippen LogP contribution in [0, 0.1) is 0 Å². The Balaban J connectivity index is 2.55. The molecule has 0 aliphatic carbocycles. The lowest BCUT2D eigenvalue weighted by Crippen LogP contribution is -2.36. The van der Waals surface area contributed by atoms with Gasteiger partial charge >= 0.3 is 0 Å². The number of hydrogen-bond acceptors (Lipinski definition) is 5. The molecule has 2 N–H and O–H groups in total. The molecular weight excluding hydrogens is 250 g/mol. The number of hydrogen-bond donors (Lipinski definition) is 1. The summed E-state index contributed by atoms with van der Waals surface area (Å²) in [5.41, 5.74) is 6.97. The van der Waals surface area contributed by atoms with Gasteiger partial charge in [-0.3, -0.25) is 4.90 Å². The highest BCUT2D eigenvalue weighted by Gasteiger charge is 2.18. The summed E-state index contributed by atoms with van der Waals surface area (Å²) in [5, 5.41) is 0. The second-order valence-electron chi connectivity index (χ2n) is 4.89. The maximum atomic E-state index is 5.95.